The molecule has 0 fully saturated rings. The van der Waals surface area contributed by atoms with Crippen LogP contribution in [-0.4, -0.2) is 28.7 Å². The number of carbonyl (C=O) groups is 2. The predicted molar refractivity (Wildman–Crippen MR) is 54.3 cm³/mol. The molecule has 15 heavy (non-hydrogen) atoms. The van der Waals surface area contributed by atoms with E-state index in [9.17, 15) is 9.59 Å². The molecule has 0 spiro atoms. The van der Waals surface area contributed by atoms with Crippen molar-refractivity contribution in [3.05, 3.63) is 29.3 Å². The standard InChI is InChI=1S/C10H11NO4/c1-6-3-2-4-7(10(14)15)9(6)11-5-8(12)13/h2-4,11H,5H2,1H3,(H,12,13)(H,14,15). The fourth-order valence-electron chi connectivity index (χ4n) is 1.24. The minimum Gasteiger partial charge on any atom is -0.480 e. The zero-order valence-electron chi connectivity index (χ0n) is 8.15. The number of hydrogen-bond donors (Lipinski definition) is 3. The van der Waals surface area contributed by atoms with Crippen LogP contribution in [0.5, 0.6) is 0 Å². The van der Waals surface area contributed by atoms with Crippen LogP contribution in [0, 0.1) is 6.92 Å². The largest absolute Gasteiger partial charge is 0.480 e. The third-order valence-corrected chi connectivity index (χ3v) is 1.92. The van der Waals surface area contributed by atoms with Crippen molar-refractivity contribution in [1.82, 2.24) is 0 Å². The number of anilines is 1. The molecule has 80 valence electrons. The van der Waals surface area contributed by atoms with E-state index < -0.39 is 11.9 Å². The maximum absolute atomic E-state index is 10.8. The lowest BCUT2D eigenvalue weighted by Gasteiger charge is -2.10. The van der Waals surface area contributed by atoms with Gasteiger partial charge in [-0.1, -0.05) is 12.1 Å². The van der Waals surface area contributed by atoms with Crippen LogP contribution < -0.4 is 5.32 Å². The van der Waals surface area contributed by atoms with E-state index in [4.69, 9.17) is 10.2 Å². The maximum Gasteiger partial charge on any atom is 0.337 e. The Bertz CT molecular complexity index is 400. The summed E-state index contributed by atoms with van der Waals surface area (Å²) in [5.74, 6) is -2.11. The quantitative estimate of drug-likeness (QED) is 0.693. The molecule has 5 heteroatoms. The first kappa shape index (κ1) is 11.0. The number of benzene rings is 1. The van der Waals surface area contributed by atoms with Gasteiger partial charge in [-0.05, 0) is 18.6 Å². The average Bonchev–Trinajstić information content (AvgIpc) is 2.15. The smallest absolute Gasteiger partial charge is 0.337 e. The Balaban J connectivity index is 3.02. The number of aliphatic carboxylic acids is 1. The van der Waals surface area contributed by atoms with Crippen LogP contribution in [0.25, 0.3) is 0 Å². The molecule has 5 nitrogen and oxygen atoms in total. The van der Waals surface area contributed by atoms with Gasteiger partial charge in [-0.3, -0.25) is 4.79 Å². The van der Waals surface area contributed by atoms with E-state index in [0.29, 0.717) is 11.3 Å². The summed E-state index contributed by atoms with van der Waals surface area (Å²) in [5, 5.41) is 19.9. The Morgan fingerprint density at radius 2 is 2.00 bits per heavy atom. The zero-order chi connectivity index (χ0) is 11.4. The molecule has 1 rings (SSSR count). The molecule has 0 aliphatic rings. The van der Waals surface area contributed by atoms with Gasteiger partial charge in [0.1, 0.15) is 6.54 Å². The highest BCUT2D eigenvalue weighted by atomic mass is 16.4. The van der Waals surface area contributed by atoms with Crippen molar-refractivity contribution in [2.45, 2.75) is 6.92 Å². The van der Waals surface area contributed by atoms with Crippen molar-refractivity contribution >= 4 is 17.6 Å². The lowest BCUT2D eigenvalue weighted by atomic mass is 10.1. The molecule has 0 amide bonds. The topological polar surface area (TPSA) is 86.6 Å². The number of hydrogen-bond acceptors (Lipinski definition) is 3. The molecule has 0 bridgehead atoms. The van der Waals surface area contributed by atoms with Gasteiger partial charge in [-0.2, -0.15) is 0 Å². The van der Waals surface area contributed by atoms with Crippen LogP contribution in [0.2, 0.25) is 0 Å². The molecule has 0 saturated carbocycles. The van der Waals surface area contributed by atoms with Crippen molar-refractivity contribution < 1.29 is 19.8 Å². The summed E-state index contributed by atoms with van der Waals surface area (Å²) < 4.78 is 0. The summed E-state index contributed by atoms with van der Waals surface area (Å²) in [6, 6.07) is 4.76. The average molecular weight is 209 g/mol. The number of rotatable bonds is 4. The Hall–Kier alpha value is -2.04. The summed E-state index contributed by atoms with van der Waals surface area (Å²) in [7, 11) is 0. The Morgan fingerprint density at radius 1 is 1.33 bits per heavy atom. The molecule has 1 aromatic carbocycles. The second-order valence-electron chi connectivity index (χ2n) is 3.05. The van der Waals surface area contributed by atoms with Crippen LogP contribution >= 0.6 is 0 Å². The number of carboxylic acid groups (broad SMARTS) is 2. The van der Waals surface area contributed by atoms with Gasteiger partial charge in [-0.25, -0.2) is 4.79 Å². The van der Waals surface area contributed by atoms with Crippen molar-refractivity contribution in [2.24, 2.45) is 0 Å². The molecule has 1 aromatic rings. The van der Waals surface area contributed by atoms with Gasteiger partial charge < -0.3 is 15.5 Å². The Labute approximate surface area is 86.4 Å². The first-order valence-corrected chi connectivity index (χ1v) is 4.31. The maximum atomic E-state index is 10.8. The minimum absolute atomic E-state index is 0.0799. The van der Waals surface area contributed by atoms with E-state index in [1.54, 1.807) is 19.1 Å². The monoisotopic (exact) mass is 209 g/mol. The third-order valence-electron chi connectivity index (χ3n) is 1.92. The fraction of sp³-hybridized carbons (Fsp3) is 0.200. The molecule has 0 aromatic heterocycles. The summed E-state index contributed by atoms with van der Waals surface area (Å²) in [4.78, 5) is 21.2. The third kappa shape index (κ3) is 2.70. The van der Waals surface area contributed by atoms with Crippen molar-refractivity contribution in [3.63, 3.8) is 0 Å². The molecular formula is C10H11NO4. The highest BCUT2D eigenvalue weighted by Gasteiger charge is 2.12. The zero-order valence-corrected chi connectivity index (χ0v) is 8.15. The summed E-state index contributed by atoms with van der Waals surface area (Å²) in [6.45, 7) is 1.42. The summed E-state index contributed by atoms with van der Waals surface area (Å²) >= 11 is 0. The van der Waals surface area contributed by atoms with E-state index in [2.05, 4.69) is 5.32 Å². The van der Waals surface area contributed by atoms with E-state index in [1.807, 2.05) is 0 Å². The van der Waals surface area contributed by atoms with Gasteiger partial charge in [0.05, 0.1) is 11.3 Å². The highest BCUT2D eigenvalue weighted by molar-refractivity contribution is 5.95. The first-order valence-electron chi connectivity index (χ1n) is 4.31. The van der Waals surface area contributed by atoms with Gasteiger partial charge >= 0.3 is 11.9 Å². The SMILES string of the molecule is Cc1cccc(C(=O)O)c1NCC(=O)O. The fourth-order valence-corrected chi connectivity index (χ4v) is 1.24. The van der Waals surface area contributed by atoms with E-state index in [-0.39, 0.29) is 12.1 Å². The van der Waals surface area contributed by atoms with Crippen LogP contribution in [0.3, 0.4) is 0 Å². The predicted octanol–water partition coefficient (Wildman–Crippen LogP) is 1.19. The second-order valence-corrected chi connectivity index (χ2v) is 3.05. The van der Waals surface area contributed by atoms with E-state index >= 15 is 0 Å². The Morgan fingerprint density at radius 3 is 2.53 bits per heavy atom. The number of aryl methyl sites for hydroxylation is 1. The molecule has 3 N–H and O–H groups in total. The molecular weight excluding hydrogens is 198 g/mol. The van der Waals surface area contributed by atoms with Crippen LogP contribution in [0.15, 0.2) is 18.2 Å². The number of carboxylic acids is 2. The molecule has 0 aliphatic heterocycles. The second kappa shape index (κ2) is 4.45. The van der Waals surface area contributed by atoms with E-state index in [1.165, 1.54) is 6.07 Å². The lowest BCUT2D eigenvalue weighted by molar-refractivity contribution is -0.134. The van der Waals surface area contributed by atoms with Gasteiger partial charge in [0, 0.05) is 0 Å². The minimum atomic E-state index is -1.08. The van der Waals surface area contributed by atoms with Crippen LogP contribution in [0.1, 0.15) is 15.9 Å². The summed E-state index contributed by atoms with van der Waals surface area (Å²) in [5.41, 5.74) is 1.14. The number of nitrogens with one attached hydrogen (secondary N) is 1. The molecule has 0 radical (unpaired) electrons. The molecule has 0 atom stereocenters. The number of aromatic carboxylic acids is 1. The van der Waals surface area contributed by atoms with Crippen LogP contribution in [0.4, 0.5) is 5.69 Å². The highest BCUT2D eigenvalue weighted by Crippen LogP contribution is 2.20. The molecule has 0 unspecified atom stereocenters. The molecule has 0 heterocycles. The van der Waals surface area contributed by atoms with Crippen molar-refractivity contribution in [3.8, 4) is 0 Å². The molecule has 0 saturated heterocycles. The van der Waals surface area contributed by atoms with Gasteiger partial charge in [0.2, 0.25) is 0 Å². The van der Waals surface area contributed by atoms with Crippen LogP contribution in [-0.2, 0) is 4.79 Å². The van der Waals surface area contributed by atoms with Gasteiger partial charge in [-0.15, -0.1) is 0 Å². The van der Waals surface area contributed by atoms with Crippen molar-refractivity contribution in [2.75, 3.05) is 11.9 Å². The first-order chi connectivity index (χ1) is 7.02. The van der Waals surface area contributed by atoms with Crippen molar-refractivity contribution in [1.29, 1.82) is 0 Å². The summed E-state index contributed by atoms with van der Waals surface area (Å²) in [6.07, 6.45) is 0. The van der Waals surface area contributed by atoms with Gasteiger partial charge in [0.25, 0.3) is 0 Å². The van der Waals surface area contributed by atoms with E-state index in [0.717, 1.165) is 0 Å². The molecule has 0 aliphatic carbocycles. The number of para-hydroxylation sites is 1. The lowest BCUT2D eigenvalue weighted by Crippen LogP contribution is -2.15. The normalized spacial score (nSPS) is 9.67. The Kier molecular flexibility index (Phi) is 3.28. The van der Waals surface area contributed by atoms with Gasteiger partial charge in [0.15, 0.2) is 0 Å².